The number of aromatic nitrogens is 4. The van der Waals surface area contributed by atoms with Crippen molar-refractivity contribution in [1.29, 1.82) is 0 Å². The molecule has 0 atom stereocenters. The Morgan fingerprint density at radius 2 is 2.21 bits per heavy atom. The second-order valence-corrected chi connectivity index (χ2v) is 6.53. The molecule has 3 N–H and O–H groups in total. The van der Waals surface area contributed by atoms with Crippen LogP contribution in [0, 0.1) is 0 Å². The third-order valence-electron chi connectivity index (χ3n) is 4.04. The smallest absolute Gasteiger partial charge is 0.237 e. The van der Waals surface area contributed by atoms with E-state index in [1.54, 1.807) is 0 Å². The van der Waals surface area contributed by atoms with Crippen LogP contribution in [0.1, 0.15) is 12.0 Å². The van der Waals surface area contributed by atoms with Crippen LogP contribution in [-0.4, -0.2) is 38.1 Å². The quantitative estimate of drug-likeness (QED) is 0.707. The van der Waals surface area contributed by atoms with Crippen molar-refractivity contribution in [3.63, 3.8) is 0 Å². The molecule has 1 aromatic carbocycles. The molecule has 1 aliphatic heterocycles. The fourth-order valence-electron chi connectivity index (χ4n) is 2.89. The van der Waals surface area contributed by atoms with Crippen molar-refractivity contribution in [3.05, 3.63) is 36.2 Å². The van der Waals surface area contributed by atoms with E-state index in [1.807, 2.05) is 23.1 Å². The van der Waals surface area contributed by atoms with Gasteiger partial charge in [0, 0.05) is 12.2 Å². The lowest BCUT2D eigenvalue weighted by atomic mass is 10.0. The average Bonchev–Trinajstić information content (AvgIpc) is 3.04. The van der Waals surface area contributed by atoms with Crippen molar-refractivity contribution in [2.45, 2.75) is 18.0 Å². The molecule has 7 nitrogen and oxygen atoms in total. The Bertz CT molecular complexity index is 908. The Morgan fingerprint density at radius 3 is 3.08 bits per heavy atom. The molecular formula is C16H16N6OS. The number of nitrogens with zero attached hydrogens (tertiary/aromatic N) is 4. The van der Waals surface area contributed by atoms with Gasteiger partial charge in [0.05, 0.1) is 5.75 Å². The number of nitrogens with two attached hydrogens (primary N) is 1. The number of fused-ring (bicyclic) bond motifs is 2. The van der Waals surface area contributed by atoms with Crippen LogP contribution in [0.3, 0.4) is 0 Å². The van der Waals surface area contributed by atoms with Crippen LogP contribution < -0.4 is 10.6 Å². The van der Waals surface area contributed by atoms with E-state index in [9.17, 15) is 4.79 Å². The number of aromatic amines is 1. The van der Waals surface area contributed by atoms with E-state index in [2.05, 4.69) is 26.0 Å². The van der Waals surface area contributed by atoms with E-state index >= 15 is 0 Å². The average molecular weight is 340 g/mol. The normalized spacial score (nSPS) is 13.9. The third kappa shape index (κ3) is 2.69. The van der Waals surface area contributed by atoms with Crippen molar-refractivity contribution in [3.8, 4) is 0 Å². The highest BCUT2D eigenvalue weighted by Crippen LogP contribution is 2.28. The van der Waals surface area contributed by atoms with Gasteiger partial charge >= 0.3 is 0 Å². The van der Waals surface area contributed by atoms with Gasteiger partial charge in [0.15, 0.2) is 16.6 Å². The molecule has 0 radical (unpaired) electrons. The van der Waals surface area contributed by atoms with Crippen molar-refractivity contribution < 1.29 is 4.79 Å². The minimum Gasteiger partial charge on any atom is -0.382 e. The van der Waals surface area contributed by atoms with Gasteiger partial charge in [-0.05, 0) is 24.5 Å². The number of hydrogen-bond acceptors (Lipinski definition) is 6. The van der Waals surface area contributed by atoms with Gasteiger partial charge in [-0.25, -0.2) is 15.0 Å². The first kappa shape index (κ1) is 14.9. The maximum Gasteiger partial charge on any atom is 0.237 e. The van der Waals surface area contributed by atoms with E-state index in [0.29, 0.717) is 27.9 Å². The fraction of sp³-hybridized carbons (Fsp3) is 0.250. The summed E-state index contributed by atoms with van der Waals surface area (Å²) in [6.45, 7) is 0.759. The minimum absolute atomic E-state index is 0.0756. The number of carbonyl (C=O) groups is 1. The number of H-pyrrole nitrogens is 1. The first-order chi connectivity index (χ1) is 11.7. The molecule has 0 saturated heterocycles. The Labute approximate surface area is 142 Å². The largest absolute Gasteiger partial charge is 0.382 e. The molecule has 1 amide bonds. The lowest BCUT2D eigenvalue weighted by Crippen LogP contribution is -2.36. The summed E-state index contributed by atoms with van der Waals surface area (Å²) >= 11 is 1.35. The van der Waals surface area contributed by atoms with E-state index in [-0.39, 0.29) is 5.91 Å². The molecule has 0 fully saturated rings. The molecule has 0 unspecified atom stereocenters. The summed E-state index contributed by atoms with van der Waals surface area (Å²) in [4.78, 5) is 29.9. The highest BCUT2D eigenvalue weighted by molar-refractivity contribution is 7.99. The predicted octanol–water partition coefficient (Wildman–Crippen LogP) is 2.01. The number of imidazole rings is 1. The summed E-state index contributed by atoms with van der Waals surface area (Å²) in [7, 11) is 0. The van der Waals surface area contributed by atoms with Gasteiger partial charge in [0.2, 0.25) is 5.91 Å². The molecule has 3 heterocycles. The maximum atomic E-state index is 12.6. The van der Waals surface area contributed by atoms with Crippen LogP contribution >= 0.6 is 11.8 Å². The highest BCUT2D eigenvalue weighted by Gasteiger charge is 2.22. The number of anilines is 2. The summed E-state index contributed by atoms with van der Waals surface area (Å²) in [6.07, 6.45) is 3.39. The first-order valence-corrected chi connectivity index (χ1v) is 8.68. The van der Waals surface area contributed by atoms with Gasteiger partial charge < -0.3 is 15.6 Å². The highest BCUT2D eigenvalue weighted by atomic mass is 32.2. The van der Waals surface area contributed by atoms with Crippen LogP contribution in [0.25, 0.3) is 11.2 Å². The molecule has 0 aliphatic carbocycles. The van der Waals surface area contributed by atoms with E-state index in [4.69, 9.17) is 5.73 Å². The number of amides is 1. The molecule has 24 heavy (non-hydrogen) atoms. The molecular weight excluding hydrogens is 324 g/mol. The monoisotopic (exact) mass is 340 g/mol. The van der Waals surface area contributed by atoms with Crippen LogP contribution in [0.2, 0.25) is 0 Å². The number of benzene rings is 1. The molecule has 3 aromatic rings. The van der Waals surface area contributed by atoms with Gasteiger partial charge in [-0.3, -0.25) is 4.79 Å². The van der Waals surface area contributed by atoms with Gasteiger partial charge in [0.1, 0.15) is 11.8 Å². The zero-order valence-electron chi connectivity index (χ0n) is 12.9. The summed E-state index contributed by atoms with van der Waals surface area (Å²) in [5.41, 5.74) is 9.16. The van der Waals surface area contributed by atoms with E-state index in [1.165, 1.54) is 23.7 Å². The summed E-state index contributed by atoms with van der Waals surface area (Å²) in [5.74, 6) is 0.740. The summed E-state index contributed by atoms with van der Waals surface area (Å²) in [6, 6.07) is 8.08. The zero-order valence-corrected chi connectivity index (χ0v) is 13.7. The van der Waals surface area contributed by atoms with Gasteiger partial charge in [-0.15, -0.1) is 0 Å². The second kappa shape index (κ2) is 6.12. The number of hydrogen-bond donors (Lipinski definition) is 2. The Balaban J connectivity index is 1.49. The maximum absolute atomic E-state index is 12.6. The first-order valence-electron chi connectivity index (χ1n) is 7.69. The number of nitrogen functional groups attached to an aromatic ring is 1. The number of aryl methyl sites for hydroxylation is 1. The van der Waals surface area contributed by atoms with Crippen molar-refractivity contribution in [2.75, 3.05) is 22.9 Å². The van der Waals surface area contributed by atoms with E-state index in [0.717, 1.165) is 25.1 Å². The minimum atomic E-state index is 0.0756. The van der Waals surface area contributed by atoms with Crippen LogP contribution in [-0.2, 0) is 11.2 Å². The third-order valence-corrected chi connectivity index (χ3v) is 4.90. The fourth-order valence-corrected chi connectivity index (χ4v) is 3.64. The van der Waals surface area contributed by atoms with Gasteiger partial charge in [0.25, 0.3) is 0 Å². The molecule has 1 aliphatic rings. The Hall–Kier alpha value is -2.61. The van der Waals surface area contributed by atoms with Crippen LogP contribution in [0.5, 0.6) is 0 Å². The molecule has 2 aromatic heterocycles. The van der Waals surface area contributed by atoms with Crippen molar-refractivity contribution in [2.24, 2.45) is 0 Å². The molecule has 8 heteroatoms. The zero-order chi connectivity index (χ0) is 16.5. The molecule has 0 saturated carbocycles. The number of nitrogens with one attached hydrogen (secondary N) is 1. The SMILES string of the molecule is Nc1ncnc2nc(SCC(=O)N3CCCc4ccccc43)[nH]c12. The Kier molecular flexibility index (Phi) is 3.81. The predicted molar refractivity (Wildman–Crippen MR) is 93.9 cm³/mol. The van der Waals surface area contributed by atoms with Crippen LogP contribution in [0.15, 0.2) is 35.7 Å². The number of carbonyl (C=O) groups excluding carboxylic acids is 1. The number of para-hydroxylation sites is 1. The van der Waals surface area contributed by atoms with Gasteiger partial charge in [-0.2, -0.15) is 0 Å². The second-order valence-electron chi connectivity index (χ2n) is 5.57. The van der Waals surface area contributed by atoms with Crippen LogP contribution in [0.4, 0.5) is 11.5 Å². The Morgan fingerprint density at radius 1 is 1.33 bits per heavy atom. The standard InChI is InChI=1S/C16H16N6OS/c17-14-13-15(19-9-18-14)21-16(20-13)24-8-12(23)22-7-3-5-10-4-1-2-6-11(10)22/h1-2,4,6,9H,3,5,7-8H2,(H3,17,18,19,20,21). The van der Waals surface area contributed by atoms with Gasteiger partial charge in [-0.1, -0.05) is 30.0 Å². The number of thioether (sulfide) groups is 1. The van der Waals surface area contributed by atoms with E-state index < -0.39 is 0 Å². The number of rotatable bonds is 3. The molecule has 122 valence electrons. The van der Waals surface area contributed by atoms with Crippen molar-refractivity contribution >= 4 is 40.3 Å². The lowest BCUT2D eigenvalue weighted by molar-refractivity contribution is -0.116. The van der Waals surface area contributed by atoms with Crippen molar-refractivity contribution in [1.82, 2.24) is 19.9 Å². The lowest BCUT2D eigenvalue weighted by Gasteiger charge is -2.29. The molecule has 0 spiro atoms. The summed E-state index contributed by atoms with van der Waals surface area (Å²) < 4.78 is 0. The topological polar surface area (TPSA) is 101 Å². The summed E-state index contributed by atoms with van der Waals surface area (Å²) in [5, 5.41) is 0.621. The molecule has 0 bridgehead atoms. The molecule has 4 rings (SSSR count).